The Bertz CT molecular complexity index is 264. The van der Waals surface area contributed by atoms with Crippen molar-refractivity contribution < 1.29 is 13.2 Å². The number of halogens is 3. The van der Waals surface area contributed by atoms with Crippen molar-refractivity contribution in [1.29, 1.82) is 0 Å². The fourth-order valence-electron chi connectivity index (χ4n) is 1.39. The summed E-state index contributed by atoms with van der Waals surface area (Å²) in [6.45, 7) is 1.57. The van der Waals surface area contributed by atoms with Crippen LogP contribution in [0.1, 0.15) is 18.9 Å². The van der Waals surface area contributed by atoms with Gasteiger partial charge >= 0.3 is 6.18 Å². The van der Waals surface area contributed by atoms with Crippen LogP contribution in [0.3, 0.4) is 0 Å². The highest BCUT2D eigenvalue weighted by Crippen LogP contribution is 2.31. The summed E-state index contributed by atoms with van der Waals surface area (Å²) in [5.74, 6) is -1.22. The normalized spacial score (nSPS) is 14.0. The average molecular weight is 202 g/mol. The van der Waals surface area contributed by atoms with Gasteiger partial charge in [0.2, 0.25) is 0 Å². The quantitative estimate of drug-likeness (QED) is 0.699. The summed E-state index contributed by atoms with van der Waals surface area (Å²) in [6.07, 6.45) is -3.86. The lowest BCUT2D eigenvalue weighted by Crippen LogP contribution is -2.24. The largest absolute Gasteiger partial charge is 0.392 e. The monoisotopic (exact) mass is 202 g/mol. The van der Waals surface area contributed by atoms with Crippen LogP contribution in [0.25, 0.3) is 0 Å². The second kappa shape index (κ2) is 4.49. The Labute approximate surface area is 81.8 Å². The highest BCUT2D eigenvalue weighted by Gasteiger charge is 2.37. The lowest BCUT2D eigenvalue weighted by atomic mass is 9.96. The molecule has 0 nitrogen and oxygen atoms in total. The number of hydrogen-bond acceptors (Lipinski definition) is 0. The molecular weight excluding hydrogens is 189 g/mol. The van der Waals surface area contributed by atoms with Crippen LogP contribution in [0.5, 0.6) is 0 Å². The Morgan fingerprint density at radius 3 is 2.14 bits per heavy atom. The van der Waals surface area contributed by atoms with Gasteiger partial charge in [0.25, 0.3) is 0 Å². The molecule has 0 bridgehead atoms. The molecule has 0 aliphatic heterocycles. The van der Waals surface area contributed by atoms with Crippen LogP contribution in [0.2, 0.25) is 0 Å². The summed E-state index contributed by atoms with van der Waals surface area (Å²) in [4.78, 5) is 0. The topological polar surface area (TPSA) is 0 Å². The van der Waals surface area contributed by atoms with E-state index in [0.717, 1.165) is 5.56 Å². The maximum absolute atomic E-state index is 12.4. The SMILES string of the molecule is CCC(Cc1ccccc1)C(F)(F)F. The molecule has 0 N–H and O–H groups in total. The van der Waals surface area contributed by atoms with Gasteiger partial charge in [-0.1, -0.05) is 37.3 Å². The van der Waals surface area contributed by atoms with Gasteiger partial charge in [-0.15, -0.1) is 0 Å². The molecule has 0 saturated heterocycles. The molecule has 0 aliphatic rings. The second-order valence-electron chi connectivity index (χ2n) is 3.34. The minimum Gasteiger partial charge on any atom is -0.171 e. The molecule has 14 heavy (non-hydrogen) atoms. The van der Waals surface area contributed by atoms with E-state index in [-0.39, 0.29) is 12.8 Å². The zero-order valence-electron chi connectivity index (χ0n) is 8.01. The zero-order valence-corrected chi connectivity index (χ0v) is 8.01. The van der Waals surface area contributed by atoms with Crippen molar-refractivity contribution in [2.45, 2.75) is 25.9 Å². The molecular formula is C11H13F3. The first kappa shape index (κ1) is 11.1. The van der Waals surface area contributed by atoms with E-state index in [1.807, 2.05) is 0 Å². The first-order chi connectivity index (χ1) is 6.54. The van der Waals surface area contributed by atoms with E-state index in [1.165, 1.54) is 0 Å². The van der Waals surface area contributed by atoms with Gasteiger partial charge in [-0.3, -0.25) is 0 Å². The Kier molecular flexibility index (Phi) is 3.55. The molecule has 0 amide bonds. The first-order valence-electron chi connectivity index (χ1n) is 4.64. The average Bonchev–Trinajstić information content (AvgIpc) is 2.14. The van der Waals surface area contributed by atoms with Crippen molar-refractivity contribution in [2.24, 2.45) is 5.92 Å². The van der Waals surface area contributed by atoms with E-state index < -0.39 is 12.1 Å². The van der Waals surface area contributed by atoms with Crippen LogP contribution in [0, 0.1) is 5.92 Å². The number of rotatable bonds is 3. The maximum Gasteiger partial charge on any atom is 0.392 e. The third-order valence-corrected chi connectivity index (χ3v) is 2.28. The summed E-state index contributed by atoms with van der Waals surface area (Å²) in [5.41, 5.74) is 0.747. The van der Waals surface area contributed by atoms with Gasteiger partial charge in [0.1, 0.15) is 0 Å². The lowest BCUT2D eigenvalue weighted by molar-refractivity contribution is -0.174. The summed E-state index contributed by atoms with van der Waals surface area (Å²) in [7, 11) is 0. The molecule has 3 heteroatoms. The van der Waals surface area contributed by atoms with Gasteiger partial charge in [-0.05, 0) is 18.4 Å². The Hall–Kier alpha value is -0.990. The molecule has 78 valence electrons. The van der Waals surface area contributed by atoms with Crippen molar-refractivity contribution >= 4 is 0 Å². The number of hydrogen-bond donors (Lipinski definition) is 0. The summed E-state index contributed by atoms with van der Waals surface area (Å²) in [5, 5.41) is 0. The van der Waals surface area contributed by atoms with Crippen LogP contribution in [0.4, 0.5) is 13.2 Å². The van der Waals surface area contributed by atoms with E-state index >= 15 is 0 Å². The molecule has 0 radical (unpaired) electrons. The van der Waals surface area contributed by atoms with E-state index in [0.29, 0.717) is 0 Å². The highest BCUT2D eigenvalue weighted by molar-refractivity contribution is 5.15. The molecule has 1 aromatic carbocycles. The lowest BCUT2D eigenvalue weighted by Gasteiger charge is -2.18. The van der Waals surface area contributed by atoms with E-state index in [1.54, 1.807) is 37.3 Å². The molecule has 1 atom stereocenters. The van der Waals surface area contributed by atoms with Crippen molar-refractivity contribution in [3.05, 3.63) is 35.9 Å². The molecule has 0 saturated carbocycles. The van der Waals surface area contributed by atoms with Gasteiger partial charge in [-0.25, -0.2) is 0 Å². The highest BCUT2D eigenvalue weighted by atomic mass is 19.4. The van der Waals surface area contributed by atoms with Crippen molar-refractivity contribution in [2.75, 3.05) is 0 Å². The summed E-state index contributed by atoms with van der Waals surface area (Å²) < 4.78 is 37.2. The number of alkyl halides is 3. The van der Waals surface area contributed by atoms with Gasteiger partial charge in [0.15, 0.2) is 0 Å². The van der Waals surface area contributed by atoms with Crippen molar-refractivity contribution in [1.82, 2.24) is 0 Å². The fraction of sp³-hybridized carbons (Fsp3) is 0.455. The smallest absolute Gasteiger partial charge is 0.171 e. The molecule has 0 heterocycles. The third-order valence-electron chi connectivity index (χ3n) is 2.28. The van der Waals surface area contributed by atoms with Crippen LogP contribution in [-0.4, -0.2) is 6.18 Å². The molecule has 1 rings (SSSR count). The number of benzene rings is 1. The predicted molar refractivity (Wildman–Crippen MR) is 50.0 cm³/mol. The van der Waals surface area contributed by atoms with Crippen molar-refractivity contribution in [3.63, 3.8) is 0 Å². The van der Waals surface area contributed by atoms with Gasteiger partial charge < -0.3 is 0 Å². The predicted octanol–water partition coefficient (Wildman–Crippen LogP) is 3.82. The standard InChI is InChI=1S/C11H13F3/c1-2-10(11(12,13)14)8-9-6-4-3-5-7-9/h3-7,10H,2,8H2,1H3. The molecule has 0 fully saturated rings. The van der Waals surface area contributed by atoms with E-state index in [2.05, 4.69) is 0 Å². The minimum absolute atomic E-state index is 0.0842. The Balaban J connectivity index is 2.67. The fourth-order valence-corrected chi connectivity index (χ4v) is 1.39. The van der Waals surface area contributed by atoms with Crippen LogP contribution < -0.4 is 0 Å². The van der Waals surface area contributed by atoms with Crippen LogP contribution in [-0.2, 0) is 6.42 Å². The van der Waals surface area contributed by atoms with Gasteiger partial charge in [0.05, 0.1) is 5.92 Å². The third kappa shape index (κ3) is 3.05. The maximum atomic E-state index is 12.4. The Morgan fingerprint density at radius 1 is 1.14 bits per heavy atom. The van der Waals surface area contributed by atoms with Gasteiger partial charge in [-0.2, -0.15) is 13.2 Å². The zero-order chi connectivity index (χ0) is 10.6. The summed E-state index contributed by atoms with van der Waals surface area (Å²) >= 11 is 0. The molecule has 1 aromatic rings. The minimum atomic E-state index is -4.08. The molecule has 0 spiro atoms. The first-order valence-corrected chi connectivity index (χ1v) is 4.64. The Morgan fingerprint density at radius 2 is 1.71 bits per heavy atom. The van der Waals surface area contributed by atoms with Crippen LogP contribution >= 0.6 is 0 Å². The van der Waals surface area contributed by atoms with Gasteiger partial charge in [0, 0.05) is 0 Å². The van der Waals surface area contributed by atoms with E-state index in [9.17, 15) is 13.2 Å². The molecule has 1 unspecified atom stereocenters. The van der Waals surface area contributed by atoms with Crippen LogP contribution in [0.15, 0.2) is 30.3 Å². The summed E-state index contributed by atoms with van der Waals surface area (Å²) in [6, 6.07) is 8.79. The van der Waals surface area contributed by atoms with E-state index in [4.69, 9.17) is 0 Å². The van der Waals surface area contributed by atoms with Crippen molar-refractivity contribution in [3.8, 4) is 0 Å². The molecule has 0 aromatic heterocycles. The molecule has 0 aliphatic carbocycles. The second-order valence-corrected chi connectivity index (χ2v) is 3.34.